The van der Waals surface area contributed by atoms with Crippen LogP contribution in [-0.2, 0) is 17.5 Å². The fraction of sp³-hybridized carbons (Fsp3) is 0.120. The van der Waals surface area contributed by atoms with Crippen LogP contribution in [0, 0.1) is 5.82 Å². The first kappa shape index (κ1) is 28.6. The topological polar surface area (TPSA) is 88.9 Å². The number of nitrogens with one attached hydrogen (secondary N) is 2. The van der Waals surface area contributed by atoms with E-state index in [9.17, 15) is 27.2 Å². The average molecular weight is 643 g/mol. The van der Waals surface area contributed by atoms with Crippen LogP contribution in [0.25, 0.3) is 5.69 Å². The number of hydrogen-bond acceptors (Lipinski definition) is 5. The van der Waals surface area contributed by atoms with Gasteiger partial charge in [-0.25, -0.2) is 4.39 Å². The minimum absolute atomic E-state index is 0.0488. The summed E-state index contributed by atoms with van der Waals surface area (Å²) in [6, 6.07) is 15.2. The summed E-state index contributed by atoms with van der Waals surface area (Å²) >= 11 is 10.3. The number of thioether (sulfide) groups is 1. The van der Waals surface area contributed by atoms with Gasteiger partial charge in [-0.3, -0.25) is 14.2 Å². The first-order valence-electron chi connectivity index (χ1n) is 11.1. The Morgan fingerprint density at radius 1 is 1.03 bits per heavy atom. The molecule has 0 spiro atoms. The van der Waals surface area contributed by atoms with E-state index in [4.69, 9.17) is 11.6 Å². The smallest absolute Gasteiger partial charge is 0.345 e. The highest BCUT2D eigenvalue weighted by atomic mass is 79.9. The molecule has 0 radical (unpaired) electrons. The Hall–Kier alpha value is -3.42. The molecule has 4 rings (SSSR count). The second kappa shape index (κ2) is 12.2. The van der Waals surface area contributed by atoms with Crippen molar-refractivity contribution in [1.29, 1.82) is 0 Å². The number of halogens is 6. The van der Waals surface area contributed by atoms with Crippen LogP contribution in [0.5, 0.6) is 0 Å². The molecule has 3 aromatic carbocycles. The largest absolute Gasteiger partial charge is 0.416 e. The van der Waals surface area contributed by atoms with Gasteiger partial charge in [0.15, 0.2) is 11.0 Å². The first-order valence-corrected chi connectivity index (χ1v) is 13.2. The molecule has 0 saturated heterocycles. The van der Waals surface area contributed by atoms with Crippen molar-refractivity contribution in [1.82, 2.24) is 20.1 Å². The quantitative estimate of drug-likeness (QED) is 0.169. The maximum Gasteiger partial charge on any atom is 0.416 e. The first-order chi connectivity index (χ1) is 18.5. The molecule has 1 aromatic heterocycles. The summed E-state index contributed by atoms with van der Waals surface area (Å²) in [5.74, 6) is -1.88. The highest BCUT2D eigenvalue weighted by Crippen LogP contribution is 2.34. The van der Waals surface area contributed by atoms with Gasteiger partial charge in [-0.2, -0.15) is 13.2 Å². The lowest BCUT2D eigenvalue weighted by molar-refractivity contribution is -0.137. The van der Waals surface area contributed by atoms with E-state index in [1.165, 1.54) is 24.3 Å². The maximum atomic E-state index is 14.0. The van der Waals surface area contributed by atoms with Gasteiger partial charge in [-0.05, 0) is 54.6 Å². The van der Waals surface area contributed by atoms with Gasteiger partial charge in [-0.15, -0.1) is 10.2 Å². The van der Waals surface area contributed by atoms with Crippen molar-refractivity contribution in [3.63, 3.8) is 0 Å². The van der Waals surface area contributed by atoms with Crippen LogP contribution in [0.2, 0.25) is 5.02 Å². The second-order valence-electron chi connectivity index (χ2n) is 7.90. The van der Waals surface area contributed by atoms with E-state index in [0.717, 1.165) is 34.4 Å². The highest BCUT2D eigenvalue weighted by molar-refractivity contribution is 9.10. The van der Waals surface area contributed by atoms with Crippen molar-refractivity contribution in [2.75, 3.05) is 11.1 Å². The number of hydrogen-bond donors (Lipinski definition) is 2. The molecule has 0 bridgehead atoms. The monoisotopic (exact) mass is 641 g/mol. The molecule has 1 heterocycles. The average Bonchev–Trinajstić information content (AvgIpc) is 3.30. The van der Waals surface area contributed by atoms with Gasteiger partial charge < -0.3 is 10.6 Å². The number of alkyl halides is 3. The molecule has 0 aliphatic heterocycles. The van der Waals surface area contributed by atoms with Crippen LogP contribution in [0.4, 0.5) is 23.2 Å². The van der Waals surface area contributed by atoms with Gasteiger partial charge >= 0.3 is 6.18 Å². The van der Waals surface area contributed by atoms with Crippen molar-refractivity contribution >= 4 is 56.8 Å². The molecule has 202 valence electrons. The van der Waals surface area contributed by atoms with E-state index < -0.39 is 29.4 Å². The molecule has 0 saturated carbocycles. The van der Waals surface area contributed by atoms with Crippen LogP contribution >= 0.6 is 39.3 Å². The zero-order valence-electron chi connectivity index (χ0n) is 19.6. The predicted octanol–water partition coefficient (Wildman–Crippen LogP) is 6.50. The summed E-state index contributed by atoms with van der Waals surface area (Å²) in [6.45, 7) is -0.108. The molecule has 0 unspecified atom stereocenters. The number of anilines is 1. The molecule has 0 atom stereocenters. The van der Waals surface area contributed by atoms with Crippen molar-refractivity contribution in [2.24, 2.45) is 0 Å². The number of carbonyl (C=O) groups is 2. The van der Waals surface area contributed by atoms with Gasteiger partial charge in [0.25, 0.3) is 5.91 Å². The Balaban J connectivity index is 1.51. The molecule has 2 amide bonds. The summed E-state index contributed by atoms with van der Waals surface area (Å²) in [4.78, 5) is 25.1. The number of rotatable bonds is 8. The molecule has 39 heavy (non-hydrogen) atoms. The molecule has 0 aliphatic rings. The lowest BCUT2D eigenvalue weighted by Gasteiger charge is -2.13. The van der Waals surface area contributed by atoms with Crippen molar-refractivity contribution in [3.05, 3.63) is 99.0 Å². The molecular weight excluding hydrogens is 626 g/mol. The lowest BCUT2D eigenvalue weighted by Crippen LogP contribution is -2.25. The molecule has 7 nitrogen and oxygen atoms in total. The normalized spacial score (nSPS) is 11.3. The van der Waals surface area contributed by atoms with Crippen LogP contribution in [0.3, 0.4) is 0 Å². The molecule has 14 heteroatoms. The standard InChI is InChI=1S/C25H17BrClF4N5O2S/c26-15-6-8-16(9-7-15)36-21(12-32-23(38)17-3-1-2-4-19(17)28)34-35-24(36)39-13-22(37)33-20-11-14(25(29,30)31)5-10-18(20)27/h1-11H,12-13H2,(H,32,38)(H,33,37). The Labute approximate surface area is 237 Å². The van der Waals surface area contributed by atoms with Crippen LogP contribution in [-0.4, -0.2) is 32.3 Å². The molecular formula is C25H17BrClF4N5O2S. The Morgan fingerprint density at radius 3 is 2.44 bits per heavy atom. The number of nitrogens with zero attached hydrogens (tertiary/aromatic N) is 3. The number of amides is 2. The van der Waals surface area contributed by atoms with Crippen molar-refractivity contribution in [2.45, 2.75) is 17.9 Å². The van der Waals surface area contributed by atoms with Crippen LogP contribution in [0.15, 0.2) is 76.4 Å². The minimum Gasteiger partial charge on any atom is -0.345 e. The summed E-state index contributed by atoms with van der Waals surface area (Å²) in [5.41, 5.74) is -0.649. The van der Waals surface area contributed by atoms with Crippen molar-refractivity contribution in [3.8, 4) is 5.69 Å². The SMILES string of the molecule is O=C(CSc1nnc(CNC(=O)c2ccccc2F)n1-c1ccc(Br)cc1)Nc1cc(C(F)(F)F)ccc1Cl. The third-order valence-corrected chi connectivity index (χ3v) is 7.00. The third kappa shape index (κ3) is 7.16. The zero-order valence-corrected chi connectivity index (χ0v) is 22.8. The van der Waals surface area contributed by atoms with E-state index in [-0.39, 0.29) is 33.7 Å². The van der Waals surface area contributed by atoms with Gasteiger partial charge in [0.05, 0.1) is 34.1 Å². The number of carbonyl (C=O) groups excluding carboxylic acids is 2. The predicted molar refractivity (Wildman–Crippen MR) is 142 cm³/mol. The van der Waals surface area contributed by atoms with E-state index in [1.807, 2.05) is 0 Å². The lowest BCUT2D eigenvalue weighted by atomic mass is 10.2. The summed E-state index contributed by atoms with van der Waals surface area (Å²) in [5, 5.41) is 13.4. The summed E-state index contributed by atoms with van der Waals surface area (Å²) in [7, 11) is 0. The minimum atomic E-state index is -4.60. The molecule has 0 fully saturated rings. The zero-order chi connectivity index (χ0) is 28.2. The second-order valence-corrected chi connectivity index (χ2v) is 10.2. The Bertz CT molecular complexity index is 1520. The number of aromatic nitrogens is 3. The fourth-order valence-corrected chi connectivity index (χ4v) is 4.57. The van der Waals surface area contributed by atoms with Crippen molar-refractivity contribution < 1.29 is 27.2 Å². The summed E-state index contributed by atoms with van der Waals surface area (Å²) in [6.07, 6.45) is -4.60. The summed E-state index contributed by atoms with van der Waals surface area (Å²) < 4.78 is 55.5. The van der Waals surface area contributed by atoms with Crippen LogP contribution < -0.4 is 10.6 Å². The van der Waals surface area contributed by atoms with E-state index in [2.05, 4.69) is 36.8 Å². The van der Waals surface area contributed by atoms with Gasteiger partial charge in [0, 0.05) is 10.2 Å². The van der Waals surface area contributed by atoms with E-state index in [0.29, 0.717) is 11.5 Å². The highest BCUT2D eigenvalue weighted by Gasteiger charge is 2.31. The third-order valence-electron chi connectivity index (χ3n) is 5.21. The Morgan fingerprint density at radius 2 is 1.74 bits per heavy atom. The molecule has 4 aromatic rings. The number of benzene rings is 3. The van der Waals surface area contributed by atoms with Gasteiger partial charge in [-0.1, -0.05) is 51.4 Å². The van der Waals surface area contributed by atoms with Gasteiger partial charge in [0.1, 0.15) is 5.82 Å². The fourth-order valence-electron chi connectivity index (χ4n) is 3.37. The van der Waals surface area contributed by atoms with Crippen LogP contribution in [0.1, 0.15) is 21.7 Å². The molecule has 2 N–H and O–H groups in total. The van der Waals surface area contributed by atoms with Gasteiger partial charge in [0.2, 0.25) is 5.91 Å². The maximum absolute atomic E-state index is 14.0. The Kier molecular flexibility index (Phi) is 8.93. The van der Waals surface area contributed by atoms with E-state index in [1.54, 1.807) is 28.8 Å². The van der Waals surface area contributed by atoms with E-state index >= 15 is 0 Å². The molecule has 0 aliphatic carbocycles.